The van der Waals surface area contributed by atoms with Gasteiger partial charge in [0.25, 0.3) is 6.47 Å². The highest BCUT2D eigenvalue weighted by atomic mass is 32.2. The number of hydrogen-bond acceptors (Lipinski definition) is 4. The molecule has 122 valence electrons. The van der Waals surface area contributed by atoms with Gasteiger partial charge in [-0.2, -0.15) is 0 Å². The molecular formula is C20H19NO2S. The second kappa shape index (κ2) is 6.65. The topological polar surface area (TPSA) is 39.2 Å². The van der Waals surface area contributed by atoms with Crippen molar-refractivity contribution >= 4 is 29.1 Å². The Labute approximate surface area is 146 Å². The maximum absolute atomic E-state index is 10.7. The monoisotopic (exact) mass is 337 g/mol. The highest BCUT2D eigenvalue weighted by Gasteiger charge is 2.21. The van der Waals surface area contributed by atoms with E-state index in [0.717, 1.165) is 21.4 Å². The average Bonchev–Trinajstić information content (AvgIpc) is 2.55. The van der Waals surface area contributed by atoms with E-state index in [4.69, 9.17) is 4.74 Å². The van der Waals surface area contributed by atoms with E-state index in [1.807, 2.05) is 26.0 Å². The van der Waals surface area contributed by atoms with Crippen LogP contribution in [-0.2, 0) is 9.53 Å². The van der Waals surface area contributed by atoms with E-state index in [9.17, 15) is 4.79 Å². The molecule has 0 radical (unpaired) electrons. The van der Waals surface area contributed by atoms with E-state index in [2.05, 4.69) is 48.3 Å². The average molecular weight is 337 g/mol. The molecule has 24 heavy (non-hydrogen) atoms. The summed E-state index contributed by atoms with van der Waals surface area (Å²) in [6, 6.07) is 16.7. The van der Waals surface area contributed by atoms with Gasteiger partial charge in [-0.1, -0.05) is 47.7 Å². The van der Waals surface area contributed by atoms with Gasteiger partial charge >= 0.3 is 0 Å². The molecule has 0 aliphatic carbocycles. The lowest BCUT2D eigenvalue weighted by molar-refractivity contribution is -0.133. The number of nitrogens with zero attached hydrogens (tertiary/aromatic N) is 1. The third-order valence-corrected chi connectivity index (χ3v) is 4.94. The molecule has 0 bridgehead atoms. The first kappa shape index (κ1) is 16.5. The Morgan fingerprint density at radius 1 is 1.04 bits per heavy atom. The molecule has 1 aromatic heterocycles. The van der Waals surface area contributed by atoms with Crippen molar-refractivity contribution < 1.29 is 9.53 Å². The minimum atomic E-state index is -0.629. The van der Waals surface area contributed by atoms with Crippen molar-refractivity contribution in [1.29, 1.82) is 0 Å². The van der Waals surface area contributed by atoms with Crippen molar-refractivity contribution in [3.8, 4) is 11.1 Å². The predicted molar refractivity (Wildman–Crippen MR) is 99.0 cm³/mol. The molecule has 3 nitrogen and oxygen atoms in total. The molecule has 0 aliphatic heterocycles. The molecule has 0 fully saturated rings. The largest absolute Gasteiger partial charge is 0.450 e. The lowest BCUT2D eigenvalue weighted by Gasteiger charge is -2.22. The molecule has 1 heterocycles. The van der Waals surface area contributed by atoms with E-state index >= 15 is 0 Å². The Morgan fingerprint density at radius 3 is 2.46 bits per heavy atom. The quantitative estimate of drug-likeness (QED) is 0.364. The van der Waals surface area contributed by atoms with Gasteiger partial charge in [0.1, 0.15) is 0 Å². The number of fused-ring (bicyclic) bond motifs is 1. The second-order valence-electron chi connectivity index (χ2n) is 6.12. The number of rotatable bonds is 5. The van der Waals surface area contributed by atoms with Crippen molar-refractivity contribution in [3.63, 3.8) is 0 Å². The highest BCUT2D eigenvalue weighted by Crippen LogP contribution is 2.38. The molecule has 3 rings (SSSR count). The van der Waals surface area contributed by atoms with Crippen LogP contribution in [0.2, 0.25) is 0 Å². The Morgan fingerprint density at radius 2 is 1.75 bits per heavy atom. The van der Waals surface area contributed by atoms with Crippen LogP contribution in [0, 0.1) is 6.92 Å². The van der Waals surface area contributed by atoms with Gasteiger partial charge < -0.3 is 4.74 Å². The summed E-state index contributed by atoms with van der Waals surface area (Å²) in [6.45, 7) is 6.33. The Balaban J connectivity index is 2.06. The fraction of sp³-hybridized carbons (Fsp3) is 0.200. The first-order valence-electron chi connectivity index (χ1n) is 7.75. The lowest BCUT2D eigenvalue weighted by Crippen LogP contribution is -2.18. The number of aryl methyl sites for hydroxylation is 1. The molecule has 0 atom stereocenters. The van der Waals surface area contributed by atoms with Crippen LogP contribution in [0.3, 0.4) is 0 Å². The number of hydrogen-bond donors (Lipinski definition) is 0. The SMILES string of the molecule is Cc1ccc(-c2ccc3nccc(SC(C)(C)OC=O)c3c2)cc1. The summed E-state index contributed by atoms with van der Waals surface area (Å²) in [5, 5.41) is 1.06. The maximum atomic E-state index is 10.7. The summed E-state index contributed by atoms with van der Waals surface area (Å²) in [7, 11) is 0. The summed E-state index contributed by atoms with van der Waals surface area (Å²) in [5.74, 6) is 0. The zero-order valence-electron chi connectivity index (χ0n) is 13.9. The molecule has 0 N–H and O–H groups in total. The van der Waals surface area contributed by atoms with Crippen LogP contribution in [0.25, 0.3) is 22.0 Å². The minimum absolute atomic E-state index is 0.494. The fourth-order valence-electron chi connectivity index (χ4n) is 2.54. The zero-order chi connectivity index (χ0) is 17.2. The number of thioether (sulfide) groups is 1. The predicted octanol–water partition coefficient (Wildman–Crippen LogP) is 5.21. The van der Waals surface area contributed by atoms with Crippen molar-refractivity contribution in [1.82, 2.24) is 4.98 Å². The van der Waals surface area contributed by atoms with Gasteiger partial charge in [-0.15, -0.1) is 0 Å². The lowest BCUT2D eigenvalue weighted by atomic mass is 10.0. The van der Waals surface area contributed by atoms with Crippen molar-refractivity contribution in [2.24, 2.45) is 0 Å². The first-order valence-corrected chi connectivity index (χ1v) is 8.56. The standard InChI is InChI=1S/C20H19NO2S/c1-14-4-6-15(7-5-14)16-8-9-18-17(12-16)19(10-11-21-18)24-20(2,3)23-13-22/h4-13H,1-3H3. The van der Waals surface area contributed by atoms with Gasteiger partial charge in [-0.05, 0) is 50.1 Å². The van der Waals surface area contributed by atoms with Crippen LogP contribution in [0.5, 0.6) is 0 Å². The van der Waals surface area contributed by atoms with Crippen LogP contribution in [0.1, 0.15) is 19.4 Å². The smallest absolute Gasteiger partial charge is 0.294 e. The first-order chi connectivity index (χ1) is 11.5. The third kappa shape index (κ3) is 3.60. The van der Waals surface area contributed by atoms with E-state index < -0.39 is 4.93 Å². The molecule has 4 heteroatoms. The van der Waals surface area contributed by atoms with Crippen LogP contribution in [0.4, 0.5) is 0 Å². The second-order valence-corrected chi connectivity index (χ2v) is 7.75. The van der Waals surface area contributed by atoms with E-state index in [1.165, 1.54) is 22.9 Å². The number of aromatic nitrogens is 1. The molecule has 0 aliphatic rings. The number of carbonyl (C=O) groups excluding carboxylic acids is 1. The van der Waals surface area contributed by atoms with Crippen LogP contribution in [0.15, 0.2) is 59.6 Å². The molecule has 0 saturated carbocycles. The van der Waals surface area contributed by atoms with Gasteiger partial charge in [0.15, 0.2) is 4.93 Å². The molecule has 0 saturated heterocycles. The van der Waals surface area contributed by atoms with Crippen LogP contribution in [-0.4, -0.2) is 16.4 Å². The minimum Gasteiger partial charge on any atom is -0.450 e. The van der Waals surface area contributed by atoms with E-state index in [0.29, 0.717) is 6.47 Å². The maximum Gasteiger partial charge on any atom is 0.294 e. The Hall–Kier alpha value is -2.33. The Bertz CT molecular complexity index is 872. The van der Waals surface area contributed by atoms with Gasteiger partial charge in [-0.3, -0.25) is 9.78 Å². The van der Waals surface area contributed by atoms with Crippen molar-refractivity contribution in [3.05, 3.63) is 60.3 Å². The van der Waals surface area contributed by atoms with Crippen molar-refractivity contribution in [2.75, 3.05) is 0 Å². The van der Waals surface area contributed by atoms with Gasteiger partial charge in [-0.25, -0.2) is 0 Å². The van der Waals surface area contributed by atoms with E-state index in [-0.39, 0.29) is 0 Å². The van der Waals surface area contributed by atoms with Gasteiger partial charge in [0.05, 0.1) is 5.52 Å². The summed E-state index contributed by atoms with van der Waals surface area (Å²) in [5.41, 5.74) is 4.49. The zero-order valence-corrected chi connectivity index (χ0v) is 14.8. The normalized spacial score (nSPS) is 11.5. The third-order valence-electron chi connectivity index (χ3n) is 3.77. The summed E-state index contributed by atoms with van der Waals surface area (Å²) >= 11 is 1.51. The molecule has 2 aromatic carbocycles. The van der Waals surface area contributed by atoms with Gasteiger partial charge in [0.2, 0.25) is 0 Å². The number of carbonyl (C=O) groups is 1. The number of benzene rings is 2. The molecule has 3 aromatic rings. The number of pyridine rings is 1. The van der Waals surface area contributed by atoms with Gasteiger partial charge in [0, 0.05) is 16.5 Å². The Kier molecular flexibility index (Phi) is 4.58. The molecular weight excluding hydrogens is 318 g/mol. The molecule has 0 amide bonds. The highest BCUT2D eigenvalue weighted by molar-refractivity contribution is 8.00. The van der Waals surface area contributed by atoms with Crippen LogP contribution >= 0.6 is 11.8 Å². The van der Waals surface area contributed by atoms with Crippen molar-refractivity contribution in [2.45, 2.75) is 30.6 Å². The summed E-state index contributed by atoms with van der Waals surface area (Å²) < 4.78 is 5.17. The molecule has 0 unspecified atom stereocenters. The van der Waals surface area contributed by atoms with E-state index in [1.54, 1.807) is 6.20 Å². The number of ether oxygens (including phenoxy) is 1. The van der Waals surface area contributed by atoms with Crippen LogP contribution < -0.4 is 0 Å². The molecule has 0 spiro atoms. The summed E-state index contributed by atoms with van der Waals surface area (Å²) in [6.07, 6.45) is 1.78. The fourth-order valence-corrected chi connectivity index (χ4v) is 3.56. The summed E-state index contributed by atoms with van der Waals surface area (Å²) in [4.78, 5) is 15.5.